The van der Waals surface area contributed by atoms with E-state index in [2.05, 4.69) is 76.6 Å². The topological polar surface area (TPSA) is 0 Å². The summed E-state index contributed by atoms with van der Waals surface area (Å²) in [5.41, 5.74) is 4.89. The molecule has 2 aliphatic carbocycles. The summed E-state index contributed by atoms with van der Waals surface area (Å²) in [6.07, 6.45) is 9.75. The van der Waals surface area contributed by atoms with Crippen molar-refractivity contribution in [3.63, 3.8) is 0 Å². The van der Waals surface area contributed by atoms with E-state index in [1.807, 2.05) is 0 Å². The Labute approximate surface area is 177 Å². The number of allylic oxidation sites excluding steroid dienone is 3. The zero-order chi connectivity index (χ0) is 18.1. The minimum absolute atomic E-state index is 0.227. The predicted octanol–water partition coefficient (Wildman–Crippen LogP) is 6.47. The molecule has 2 aromatic rings. The van der Waals surface area contributed by atoms with Crippen LogP contribution in [0.15, 0.2) is 57.3 Å². The van der Waals surface area contributed by atoms with Gasteiger partial charge in [-0.15, -0.1) is 0 Å². The number of benzene rings is 2. The third kappa shape index (κ3) is 2.67. The van der Waals surface area contributed by atoms with Crippen molar-refractivity contribution in [2.45, 2.75) is 12.3 Å². The third-order valence-corrected chi connectivity index (χ3v) is 21.3. The molecule has 0 fully saturated rings. The van der Waals surface area contributed by atoms with Crippen LogP contribution in [0.3, 0.4) is 0 Å². The fourth-order valence-electron chi connectivity index (χ4n) is 4.16. The molecule has 0 saturated heterocycles. The normalized spacial score (nSPS) is 21.5. The second-order valence-corrected chi connectivity index (χ2v) is 35.3. The van der Waals surface area contributed by atoms with Gasteiger partial charge < -0.3 is 0 Å². The maximum atomic E-state index is 7.38. The molecule has 0 amide bonds. The number of rotatable bonds is 2. The van der Waals surface area contributed by atoms with E-state index in [1.54, 1.807) is 11.8 Å². The standard InChI is InChI=1S/C11H6BrS.C9H7.2ClH.H2S.Zr/c12-11-6-9-8-4-2-1-3-7(8)5-10(9)13-11;1-2-5-9-7-3-6-8(9)4-1;;;;/h1-3,5-6,9H;1-4,7H,6H2;2*1H;1H2;/q;;;;;+3/p-3. The molecular formula is C20H14BrCl2S2Zr. The Morgan fingerprint density at radius 1 is 1.12 bits per heavy atom. The van der Waals surface area contributed by atoms with Crippen LogP contribution < -0.4 is 6.54 Å². The summed E-state index contributed by atoms with van der Waals surface area (Å²) in [6, 6.07) is 12.6. The van der Waals surface area contributed by atoms with Crippen molar-refractivity contribution in [2.24, 2.45) is 0 Å². The Balaban J connectivity index is 1.76. The van der Waals surface area contributed by atoms with E-state index in [0.717, 1.165) is 16.8 Å². The number of thioether (sulfide) groups is 1. The summed E-state index contributed by atoms with van der Waals surface area (Å²) < 4.78 is 3.22. The van der Waals surface area contributed by atoms with E-state index in [-0.39, 0.29) is 5.92 Å². The number of halogens is 3. The van der Waals surface area contributed by atoms with Crippen LogP contribution in [-0.2, 0) is 21.4 Å². The van der Waals surface area contributed by atoms with Crippen molar-refractivity contribution in [3.8, 4) is 0 Å². The van der Waals surface area contributed by atoms with Crippen LogP contribution in [0.25, 0.3) is 12.2 Å². The van der Waals surface area contributed by atoms with Gasteiger partial charge in [0.25, 0.3) is 0 Å². The van der Waals surface area contributed by atoms with Crippen molar-refractivity contribution in [3.05, 3.63) is 79.5 Å². The van der Waals surface area contributed by atoms with Gasteiger partial charge in [-0.1, -0.05) is 0 Å². The second-order valence-electron chi connectivity index (χ2n) is 6.86. The van der Waals surface area contributed by atoms with Gasteiger partial charge in [0.05, 0.1) is 0 Å². The fourth-order valence-corrected chi connectivity index (χ4v) is 18.3. The Hall–Kier alpha value is 0.303. The molecule has 0 radical (unpaired) electrons. The van der Waals surface area contributed by atoms with Crippen LogP contribution in [0.1, 0.15) is 28.2 Å². The van der Waals surface area contributed by atoms with E-state index in [0.29, 0.717) is 0 Å². The van der Waals surface area contributed by atoms with Crippen LogP contribution in [0, 0.1) is 0 Å². The van der Waals surface area contributed by atoms with Gasteiger partial charge in [0.1, 0.15) is 0 Å². The monoisotopic (exact) mass is 557 g/mol. The number of fused-ring (bicyclic) bond motifs is 4. The van der Waals surface area contributed by atoms with Crippen molar-refractivity contribution < 1.29 is 14.9 Å². The van der Waals surface area contributed by atoms with Crippen LogP contribution in [-0.4, -0.2) is 0 Å². The van der Waals surface area contributed by atoms with E-state index >= 15 is 0 Å². The average Bonchev–Trinajstić information content (AvgIpc) is 3.26. The van der Waals surface area contributed by atoms with Crippen molar-refractivity contribution in [2.75, 3.05) is 0 Å². The number of hydrogen-bond acceptors (Lipinski definition) is 2. The van der Waals surface area contributed by atoms with Gasteiger partial charge >= 0.3 is 180 Å². The van der Waals surface area contributed by atoms with E-state index in [9.17, 15) is 0 Å². The van der Waals surface area contributed by atoms with Gasteiger partial charge in [0.15, 0.2) is 0 Å². The first-order valence-corrected chi connectivity index (χ1v) is 22.5. The molecule has 5 rings (SSSR count). The van der Waals surface area contributed by atoms with Crippen LogP contribution in [0.5, 0.6) is 0 Å². The first kappa shape index (κ1) is 18.3. The zero-order valence-electron chi connectivity index (χ0n) is 13.5. The first-order chi connectivity index (χ1) is 12.3. The summed E-state index contributed by atoms with van der Waals surface area (Å²) in [6.45, 7) is 0. The van der Waals surface area contributed by atoms with Crippen molar-refractivity contribution in [1.29, 1.82) is 0 Å². The summed E-state index contributed by atoms with van der Waals surface area (Å²) in [5.74, 6) is 0.227. The van der Waals surface area contributed by atoms with Gasteiger partial charge in [0.2, 0.25) is 0 Å². The molecule has 0 bridgehead atoms. The van der Waals surface area contributed by atoms with Gasteiger partial charge in [-0.3, -0.25) is 0 Å². The van der Waals surface area contributed by atoms with E-state index in [1.165, 1.54) is 27.2 Å². The quantitative estimate of drug-likeness (QED) is 0.411. The van der Waals surface area contributed by atoms with Crippen LogP contribution in [0.4, 0.5) is 0 Å². The molecule has 3 aliphatic rings. The third-order valence-electron chi connectivity index (χ3n) is 5.30. The first-order valence-electron chi connectivity index (χ1n) is 8.35. The molecule has 0 N–H and O–H groups in total. The molecule has 6 heteroatoms. The van der Waals surface area contributed by atoms with Gasteiger partial charge in [-0.05, 0) is 0 Å². The van der Waals surface area contributed by atoms with Crippen molar-refractivity contribution in [1.82, 2.24) is 0 Å². The molecule has 0 saturated carbocycles. The molecule has 2 aromatic carbocycles. The van der Waals surface area contributed by atoms with Crippen LogP contribution >= 0.6 is 54.1 Å². The Bertz CT molecular complexity index is 1060. The summed E-state index contributed by atoms with van der Waals surface area (Å²) in [5, 5.41) is 0. The van der Waals surface area contributed by atoms with Gasteiger partial charge in [-0.2, -0.15) is 0 Å². The van der Waals surface area contributed by atoms with Crippen LogP contribution in [0.2, 0.25) is 0 Å². The average molecular weight is 561 g/mol. The molecule has 1 aliphatic heterocycles. The maximum absolute atomic E-state index is 7.38. The predicted molar refractivity (Wildman–Crippen MR) is 121 cm³/mol. The molecule has 131 valence electrons. The second kappa shape index (κ2) is 6.15. The number of thiol groups is 1. The fraction of sp³-hybridized carbons (Fsp3) is 0.100. The zero-order valence-corrected chi connectivity index (χ0v) is 20.8. The molecule has 0 spiro atoms. The van der Waals surface area contributed by atoms with Gasteiger partial charge in [-0.25, -0.2) is 0 Å². The SMILES string of the molecule is [SH][Zr]([Cl])([Cl])([c]1cccc2c1C=CC2)[c]1cccc2c1C1C=C(Br)SC1=C2. The molecular weight excluding hydrogens is 546 g/mol. The van der Waals surface area contributed by atoms with Crippen molar-refractivity contribution >= 4 is 72.8 Å². The molecule has 1 atom stereocenters. The molecule has 0 aromatic heterocycles. The summed E-state index contributed by atoms with van der Waals surface area (Å²) >= 11 is 0.660. The minimum atomic E-state index is -4.73. The molecule has 0 nitrogen and oxygen atoms in total. The molecule has 1 heterocycles. The van der Waals surface area contributed by atoms with E-state index in [4.69, 9.17) is 26.4 Å². The summed E-state index contributed by atoms with van der Waals surface area (Å²) in [4.78, 5) is 1.32. The Morgan fingerprint density at radius 2 is 1.88 bits per heavy atom. The number of hydrogen-bond donors (Lipinski definition) is 1. The Morgan fingerprint density at radius 3 is 2.73 bits per heavy atom. The van der Waals surface area contributed by atoms with Gasteiger partial charge in [0, 0.05) is 0 Å². The Kier molecular flexibility index (Phi) is 4.34. The molecule has 26 heavy (non-hydrogen) atoms. The molecule has 1 unspecified atom stereocenters. The summed E-state index contributed by atoms with van der Waals surface area (Å²) in [7, 11) is 19.9. The van der Waals surface area contributed by atoms with E-state index < -0.39 is 14.9 Å².